The van der Waals surface area contributed by atoms with Gasteiger partial charge >= 0.3 is 5.97 Å². The number of fused-ring (bicyclic) bond motifs is 3. The molecule has 0 unspecified atom stereocenters. The van der Waals surface area contributed by atoms with Gasteiger partial charge in [0.2, 0.25) is 0 Å². The topological polar surface area (TPSA) is 80.7 Å². The van der Waals surface area contributed by atoms with Crippen molar-refractivity contribution in [3.63, 3.8) is 0 Å². The van der Waals surface area contributed by atoms with Gasteiger partial charge in [-0.3, -0.25) is 14.4 Å². The van der Waals surface area contributed by atoms with Crippen LogP contribution in [0.3, 0.4) is 0 Å². The number of aliphatic hydroxyl groups excluding tert-OH is 1. The van der Waals surface area contributed by atoms with E-state index in [-0.39, 0.29) is 47.3 Å². The van der Waals surface area contributed by atoms with Crippen molar-refractivity contribution >= 4 is 17.5 Å². The maximum absolute atomic E-state index is 13.2. The normalized spacial score (nSPS) is 48.8. The number of hydrogen-bond donors (Lipinski definition) is 1. The number of allylic oxidation sites excluding steroid dienone is 1. The number of ketones is 2. The van der Waals surface area contributed by atoms with Crippen molar-refractivity contribution in [2.45, 2.75) is 65.4 Å². The molecule has 0 aromatic carbocycles. The molecule has 2 bridgehead atoms. The molecular formula is C22H30O5. The summed E-state index contributed by atoms with van der Waals surface area (Å²) in [6, 6.07) is 0. The van der Waals surface area contributed by atoms with Crippen LogP contribution in [0.15, 0.2) is 12.2 Å². The van der Waals surface area contributed by atoms with Gasteiger partial charge in [-0.25, -0.2) is 0 Å². The predicted octanol–water partition coefficient (Wildman–Crippen LogP) is 2.85. The lowest BCUT2D eigenvalue weighted by Crippen LogP contribution is -2.64. The predicted molar refractivity (Wildman–Crippen MR) is 98.6 cm³/mol. The Balaban J connectivity index is 1.76. The van der Waals surface area contributed by atoms with Gasteiger partial charge in [-0.15, -0.1) is 0 Å². The minimum Gasteiger partial charge on any atom is -0.465 e. The number of esters is 1. The third-order valence-corrected chi connectivity index (χ3v) is 8.61. The van der Waals surface area contributed by atoms with E-state index in [0.717, 1.165) is 12.8 Å². The molecule has 7 atom stereocenters. The Kier molecular flexibility index (Phi) is 4.02. The minimum absolute atomic E-state index is 0.00547. The maximum Gasteiger partial charge on any atom is 0.302 e. The largest absolute Gasteiger partial charge is 0.465 e. The third-order valence-electron chi connectivity index (χ3n) is 8.61. The molecule has 0 saturated heterocycles. The number of ether oxygens (including phenoxy) is 1. The monoisotopic (exact) mass is 374 g/mol. The zero-order valence-electron chi connectivity index (χ0n) is 16.5. The summed E-state index contributed by atoms with van der Waals surface area (Å²) >= 11 is 0. The smallest absolute Gasteiger partial charge is 0.302 e. The molecule has 4 aliphatic rings. The van der Waals surface area contributed by atoms with E-state index in [4.69, 9.17) is 4.74 Å². The lowest BCUT2D eigenvalue weighted by molar-refractivity contribution is -0.198. The Labute approximate surface area is 160 Å². The highest BCUT2D eigenvalue weighted by Crippen LogP contribution is 2.70. The van der Waals surface area contributed by atoms with Crippen molar-refractivity contribution in [1.29, 1.82) is 0 Å². The van der Waals surface area contributed by atoms with Crippen LogP contribution in [0, 0.1) is 34.0 Å². The first-order chi connectivity index (χ1) is 12.6. The Bertz CT molecular complexity index is 741. The van der Waals surface area contributed by atoms with Crippen molar-refractivity contribution in [2.24, 2.45) is 34.0 Å². The van der Waals surface area contributed by atoms with Crippen molar-refractivity contribution in [3.05, 3.63) is 12.2 Å². The SMILES string of the molecule is C=C1C(=O)[C@@]23CC[C@H]4[C@@](C)(CCC(=O)[C@@]4(C)COC(C)=O)[C@@H]2[C@@H](O)C[C@@H]1C3. The van der Waals surface area contributed by atoms with Gasteiger partial charge in [-0.1, -0.05) is 13.5 Å². The Hall–Kier alpha value is -1.49. The molecule has 0 aliphatic heterocycles. The average molecular weight is 374 g/mol. The van der Waals surface area contributed by atoms with Crippen LogP contribution in [-0.4, -0.2) is 35.4 Å². The first kappa shape index (κ1) is 18.9. The van der Waals surface area contributed by atoms with Gasteiger partial charge in [0, 0.05) is 24.7 Å². The summed E-state index contributed by atoms with van der Waals surface area (Å²) in [6.45, 7) is 9.55. The van der Waals surface area contributed by atoms with E-state index in [1.807, 2.05) is 6.92 Å². The van der Waals surface area contributed by atoms with Gasteiger partial charge < -0.3 is 9.84 Å². The highest BCUT2D eigenvalue weighted by Gasteiger charge is 2.70. The first-order valence-corrected chi connectivity index (χ1v) is 10.1. The molecule has 1 N–H and O–H groups in total. The van der Waals surface area contributed by atoms with Crippen LogP contribution >= 0.6 is 0 Å². The highest BCUT2D eigenvalue weighted by atomic mass is 16.5. The molecule has 5 nitrogen and oxygen atoms in total. The van der Waals surface area contributed by atoms with Crippen LogP contribution in [-0.2, 0) is 19.1 Å². The maximum atomic E-state index is 13.2. The lowest BCUT2D eigenvalue weighted by atomic mass is 9.40. The van der Waals surface area contributed by atoms with Crippen molar-refractivity contribution in [1.82, 2.24) is 0 Å². The molecule has 4 rings (SSSR count). The van der Waals surface area contributed by atoms with Crippen molar-refractivity contribution < 1.29 is 24.2 Å². The lowest BCUT2D eigenvalue weighted by Gasteiger charge is -2.63. The molecule has 0 aromatic heterocycles. The molecule has 27 heavy (non-hydrogen) atoms. The second kappa shape index (κ2) is 5.76. The van der Waals surface area contributed by atoms with Crippen molar-refractivity contribution in [3.8, 4) is 0 Å². The molecular weight excluding hydrogens is 344 g/mol. The molecule has 148 valence electrons. The summed E-state index contributed by atoms with van der Waals surface area (Å²) in [5.41, 5.74) is -0.914. The van der Waals surface area contributed by atoms with E-state index < -0.39 is 16.9 Å². The van der Waals surface area contributed by atoms with Gasteiger partial charge in [0.05, 0.1) is 11.5 Å². The Morgan fingerprint density at radius 1 is 1.30 bits per heavy atom. The Morgan fingerprint density at radius 2 is 2.00 bits per heavy atom. The fraction of sp³-hybridized carbons (Fsp3) is 0.773. The fourth-order valence-electron chi connectivity index (χ4n) is 7.51. The quantitative estimate of drug-likeness (QED) is 0.594. The number of rotatable bonds is 2. The fourth-order valence-corrected chi connectivity index (χ4v) is 7.51. The summed E-state index contributed by atoms with van der Waals surface area (Å²) in [6.07, 6.45) is 3.35. The molecule has 0 aromatic rings. The summed E-state index contributed by atoms with van der Waals surface area (Å²) in [5, 5.41) is 11.1. The van der Waals surface area contributed by atoms with Crippen LogP contribution in [0.4, 0.5) is 0 Å². The van der Waals surface area contributed by atoms with Crippen molar-refractivity contribution in [2.75, 3.05) is 6.61 Å². The molecule has 4 saturated carbocycles. The van der Waals surface area contributed by atoms with E-state index in [1.165, 1.54) is 6.92 Å². The molecule has 0 radical (unpaired) electrons. The minimum atomic E-state index is -0.754. The zero-order valence-corrected chi connectivity index (χ0v) is 16.5. The van der Waals surface area contributed by atoms with E-state index in [1.54, 1.807) is 0 Å². The van der Waals surface area contributed by atoms with Crippen LogP contribution in [0.2, 0.25) is 0 Å². The first-order valence-electron chi connectivity index (χ1n) is 10.1. The molecule has 1 spiro atoms. The summed E-state index contributed by atoms with van der Waals surface area (Å²) in [5.74, 6) is -0.168. The van der Waals surface area contributed by atoms with E-state index in [9.17, 15) is 19.5 Å². The van der Waals surface area contributed by atoms with Gasteiger partial charge in [0.15, 0.2) is 5.78 Å². The standard InChI is InChI=1S/C22H30O5/c1-12-14-9-15(24)18-20(3)7-6-17(25)21(4,11-27-13(2)23)16(20)5-8-22(18,10-14)19(12)26/h14-16,18,24H,1,5-11H2,2-4H3/t14-,15+,16+,18+,20-,21+,22-/m1/s1. The summed E-state index contributed by atoms with van der Waals surface area (Å²) < 4.78 is 5.31. The molecule has 4 fully saturated rings. The number of aliphatic hydroxyl groups is 1. The molecule has 5 heteroatoms. The van der Waals surface area contributed by atoms with E-state index in [0.29, 0.717) is 31.3 Å². The molecule has 0 amide bonds. The molecule has 0 heterocycles. The van der Waals surface area contributed by atoms with Gasteiger partial charge in [-0.2, -0.15) is 0 Å². The van der Waals surface area contributed by atoms with Crippen LogP contribution < -0.4 is 0 Å². The van der Waals surface area contributed by atoms with Gasteiger partial charge in [-0.05, 0) is 61.9 Å². The van der Waals surface area contributed by atoms with Crippen LogP contribution in [0.5, 0.6) is 0 Å². The molecule has 4 aliphatic carbocycles. The second-order valence-electron chi connectivity index (χ2n) is 9.91. The number of carbonyl (C=O) groups is 3. The van der Waals surface area contributed by atoms with E-state index in [2.05, 4.69) is 13.5 Å². The zero-order chi connectivity index (χ0) is 19.8. The van der Waals surface area contributed by atoms with Crippen LogP contribution in [0.25, 0.3) is 0 Å². The van der Waals surface area contributed by atoms with Gasteiger partial charge in [0.1, 0.15) is 12.4 Å². The number of hydrogen-bond acceptors (Lipinski definition) is 5. The summed E-state index contributed by atoms with van der Waals surface area (Å²) in [4.78, 5) is 37.5. The second-order valence-corrected chi connectivity index (χ2v) is 9.91. The highest BCUT2D eigenvalue weighted by molar-refractivity contribution is 6.03. The van der Waals surface area contributed by atoms with Crippen LogP contribution in [0.1, 0.15) is 59.3 Å². The third kappa shape index (κ3) is 2.30. The van der Waals surface area contributed by atoms with E-state index >= 15 is 0 Å². The number of Topliss-reactive ketones (excluding diaryl/α,β-unsaturated/α-hetero) is 2. The number of carbonyl (C=O) groups excluding carboxylic acids is 3. The summed E-state index contributed by atoms with van der Waals surface area (Å²) in [7, 11) is 0. The Morgan fingerprint density at radius 3 is 2.67 bits per heavy atom. The average Bonchev–Trinajstić information content (AvgIpc) is 2.78. The van der Waals surface area contributed by atoms with Gasteiger partial charge in [0.25, 0.3) is 0 Å².